The van der Waals surface area contributed by atoms with E-state index < -0.39 is 6.09 Å². The van der Waals surface area contributed by atoms with E-state index in [2.05, 4.69) is 24.1 Å². The summed E-state index contributed by atoms with van der Waals surface area (Å²) in [5, 5.41) is 3.57. The number of ether oxygens (including phenoxy) is 2. The molecule has 2 atom stereocenters. The third-order valence-electron chi connectivity index (χ3n) is 8.50. The number of carbonyl (C=O) groups is 1. The highest BCUT2D eigenvalue weighted by molar-refractivity contribution is 6.32. The Hall–Kier alpha value is -2.31. The highest BCUT2D eigenvalue weighted by Gasteiger charge is 2.42. The van der Waals surface area contributed by atoms with Crippen LogP contribution in [0.2, 0.25) is 5.02 Å². The topological polar surface area (TPSA) is 50.8 Å². The second-order valence-electron chi connectivity index (χ2n) is 11.8. The van der Waals surface area contributed by atoms with E-state index in [0.717, 1.165) is 55.6 Å². The number of rotatable bonds is 6. The Kier molecular flexibility index (Phi) is 6.16. The Morgan fingerprint density at radius 1 is 1.17 bits per heavy atom. The first-order chi connectivity index (χ1) is 17.3. The van der Waals surface area contributed by atoms with Gasteiger partial charge in [0.25, 0.3) is 0 Å². The molecule has 0 radical (unpaired) electrons. The molecule has 3 heterocycles. The van der Waals surface area contributed by atoms with E-state index in [1.165, 1.54) is 12.8 Å². The second kappa shape index (κ2) is 9.21. The fourth-order valence-corrected chi connectivity index (χ4v) is 6.41. The number of benzene rings is 2. The van der Waals surface area contributed by atoms with Crippen LogP contribution in [0.4, 0.5) is 9.18 Å². The van der Waals surface area contributed by atoms with Gasteiger partial charge < -0.3 is 14.8 Å². The molecule has 4 fully saturated rings. The van der Waals surface area contributed by atoms with Gasteiger partial charge in [0.15, 0.2) is 0 Å². The van der Waals surface area contributed by atoms with Gasteiger partial charge in [-0.1, -0.05) is 31.5 Å². The first kappa shape index (κ1) is 24.1. The smallest absolute Gasteiger partial charge is 0.407 e. The standard InChI is InChI=1S/C29H34ClFN2O3/c1-29(2)14-20-11-21(19-5-6-25(23(30)12-19)35-16-17-3-4-17)24(31)13-22(20)27(29)32-28(34)36-26-15-33-9-7-18(26)8-10-33/h5-6,11-13,17-18,26-27H,3-4,7-10,14-16H2,1-2H3,(H,32,34)/t26-,27+/m1/s1. The van der Waals surface area contributed by atoms with Gasteiger partial charge in [0.1, 0.15) is 17.7 Å². The van der Waals surface area contributed by atoms with Crippen LogP contribution in [-0.4, -0.2) is 43.3 Å². The molecule has 0 spiro atoms. The fraction of sp³-hybridized carbons (Fsp3) is 0.552. The largest absolute Gasteiger partial charge is 0.492 e. The van der Waals surface area contributed by atoms with Crippen LogP contribution in [0.25, 0.3) is 11.1 Å². The number of fused-ring (bicyclic) bond motifs is 4. The molecule has 5 nitrogen and oxygen atoms in total. The van der Waals surface area contributed by atoms with Crippen LogP contribution < -0.4 is 10.1 Å². The van der Waals surface area contributed by atoms with Crippen LogP contribution >= 0.6 is 11.6 Å². The molecule has 3 saturated heterocycles. The summed E-state index contributed by atoms with van der Waals surface area (Å²) in [7, 11) is 0. The molecule has 1 N–H and O–H groups in total. The zero-order valence-electron chi connectivity index (χ0n) is 21.0. The molecule has 0 unspecified atom stereocenters. The van der Waals surface area contributed by atoms with Crippen LogP contribution in [0.15, 0.2) is 30.3 Å². The number of nitrogens with one attached hydrogen (secondary N) is 1. The van der Waals surface area contributed by atoms with E-state index in [-0.39, 0.29) is 23.4 Å². The molecular formula is C29H34ClFN2O3. The molecule has 192 valence electrons. The molecule has 1 amide bonds. The van der Waals surface area contributed by atoms with E-state index in [1.54, 1.807) is 12.1 Å². The van der Waals surface area contributed by atoms with Crippen molar-refractivity contribution >= 4 is 17.7 Å². The molecule has 2 aliphatic carbocycles. The molecule has 7 heteroatoms. The molecule has 7 rings (SSSR count). The SMILES string of the molecule is CC1(C)Cc2cc(-c3ccc(OCC4CC4)c(Cl)c3)c(F)cc2[C@@H]1NC(=O)O[C@@H]1CN2CCC1CC2. The number of carbonyl (C=O) groups excluding carboxylic acids is 1. The maximum atomic E-state index is 15.4. The molecule has 36 heavy (non-hydrogen) atoms. The van der Waals surface area contributed by atoms with Crippen molar-refractivity contribution in [2.45, 2.75) is 58.1 Å². The highest BCUT2D eigenvalue weighted by atomic mass is 35.5. The molecule has 2 bridgehead atoms. The van der Waals surface area contributed by atoms with Crippen LogP contribution in [-0.2, 0) is 11.2 Å². The van der Waals surface area contributed by atoms with Crippen molar-refractivity contribution in [1.29, 1.82) is 0 Å². The number of hydrogen-bond donors (Lipinski definition) is 1. The van der Waals surface area contributed by atoms with Crippen molar-refractivity contribution in [3.8, 4) is 16.9 Å². The zero-order valence-corrected chi connectivity index (χ0v) is 21.7. The third kappa shape index (κ3) is 4.70. The van der Waals surface area contributed by atoms with Crippen molar-refractivity contribution in [3.63, 3.8) is 0 Å². The van der Waals surface area contributed by atoms with Gasteiger partial charge in [-0.15, -0.1) is 0 Å². The number of amides is 1. The minimum Gasteiger partial charge on any atom is -0.492 e. The predicted octanol–water partition coefficient (Wildman–Crippen LogP) is 6.38. The van der Waals surface area contributed by atoms with E-state index in [9.17, 15) is 4.79 Å². The minimum atomic E-state index is -0.405. The van der Waals surface area contributed by atoms with Gasteiger partial charge in [-0.05, 0) is 103 Å². The summed E-state index contributed by atoms with van der Waals surface area (Å²) in [6.45, 7) is 7.89. The molecule has 0 aromatic heterocycles. The summed E-state index contributed by atoms with van der Waals surface area (Å²) in [6, 6.07) is 8.63. The number of hydrogen-bond acceptors (Lipinski definition) is 4. The Bertz CT molecular complexity index is 1170. The molecule has 2 aromatic carbocycles. The molecular weight excluding hydrogens is 479 g/mol. The zero-order chi connectivity index (χ0) is 25.0. The minimum absolute atomic E-state index is 0.0587. The van der Waals surface area contributed by atoms with Crippen molar-refractivity contribution in [2.75, 3.05) is 26.2 Å². The first-order valence-electron chi connectivity index (χ1n) is 13.2. The van der Waals surface area contributed by atoms with Crippen molar-refractivity contribution < 1.29 is 18.7 Å². The second-order valence-corrected chi connectivity index (χ2v) is 12.2. The van der Waals surface area contributed by atoms with Gasteiger partial charge in [0, 0.05) is 12.1 Å². The van der Waals surface area contributed by atoms with Crippen LogP contribution in [0.5, 0.6) is 5.75 Å². The van der Waals surface area contributed by atoms with E-state index in [1.807, 2.05) is 18.2 Å². The Morgan fingerprint density at radius 3 is 2.61 bits per heavy atom. The lowest BCUT2D eigenvalue weighted by atomic mass is 9.85. The van der Waals surface area contributed by atoms with Gasteiger partial charge in [-0.3, -0.25) is 4.90 Å². The predicted molar refractivity (Wildman–Crippen MR) is 138 cm³/mol. The normalized spacial score (nSPS) is 28.0. The number of nitrogens with zero attached hydrogens (tertiary/aromatic N) is 1. The van der Waals surface area contributed by atoms with Crippen molar-refractivity contribution in [2.24, 2.45) is 17.3 Å². The average molecular weight is 513 g/mol. The van der Waals surface area contributed by atoms with Crippen molar-refractivity contribution in [1.82, 2.24) is 10.2 Å². The summed E-state index contributed by atoms with van der Waals surface area (Å²) in [5.74, 6) is 1.39. The summed E-state index contributed by atoms with van der Waals surface area (Å²) in [5.41, 5.74) is 2.82. The molecule has 5 aliphatic rings. The van der Waals surface area contributed by atoms with E-state index >= 15 is 4.39 Å². The van der Waals surface area contributed by atoms with Crippen LogP contribution in [0.1, 0.15) is 56.7 Å². The highest BCUT2D eigenvalue weighted by Crippen LogP contribution is 2.47. The lowest BCUT2D eigenvalue weighted by molar-refractivity contribution is -0.0349. The fourth-order valence-electron chi connectivity index (χ4n) is 6.17. The van der Waals surface area contributed by atoms with Gasteiger partial charge in [-0.2, -0.15) is 0 Å². The summed E-state index contributed by atoms with van der Waals surface area (Å²) in [4.78, 5) is 15.3. The quantitative estimate of drug-likeness (QED) is 0.488. The molecule has 1 saturated carbocycles. The molecule has 2 aromatic rings. The van der Waals surface area contributed by atoms with Crippen LogP contribution in [0.3, 0.4) is 0 Å². The van der Waals surface area contributed by atoms with E-state index in [4.69, 9.17) is 21.1 Å². The lowest BCUT2D eigenvalue weighted by Crippen LogP contribution is -2.53. The molecule has 3 aliphatic heterocycles. The summed E-state index contributed by atoms with van der Waals surface area (Å²) >= 11 is 6.47. The van der Waals surface area contributed by atoms with Gasteiger partial charge in [-0.25, -0.2) is 9.18 Å². The Labute approximate surface area is 217 Å². The monoisotopic (exact) mass is 512 g/mol. The number of piperidine rings is 3. The van der Waals surface area contributed by atoms with Gasteiger partial charge >= 0.3 is 6.09 Å². The Morgan fingerprint density at radius 2 is 1.94 bits per heavy atom. The lowest BCUT2D eigenvalue weighted by Gasteiger charge is -2.44. The van der Waals surface area contributed by atoms with Gasteiger partial charge in [0.05, 0.1) is 17.7 Å². The average Bonchev–Trinajstić information content (AvgIpc) is 3.64. The number of halogens is 2. The van der Waals surface area contributed by atoms with E-state index in [0.29, 0.717) is 34.8 Å². The van der Waals surface area contributed by atoms with Crippen molar-refractivity contribution in [3.05, 3.63) is 52.3 Å². The summed E-state index contributed by atoms with van der Waals surface area (Å²) < 4.78 is 27.1. The van der Waals surface area contributed by atoms with Crippen LogP contribution in [0, 0.1) is 23.1 Å². The van der Waals surface area contributed by atoms with Gasteiger partial charge in [0.2, 0.25) is 0 Å². The summed E-state index contributed by atoms with van der Waals surface area (Å²) in [6.07, 6.45) is 4.85. The maximum absolute atomic E-state index is 15.4. The number of alkyl carbamates (subject to hydrolysis) is 1. The Balaban J connectivity index is 1.19. The first-order valence-corrected chi connectivity index (χ1v) is 13.6. The third-order valence-corrected chi connectivity index (χ3v) is 8.79. The maximum Gasteiger partial charge on any atom is 0.407 e.